The predicted molar refractivity (Wildman–Crippen MR) is 130 cm³/mol. The molecule has 190 valence electrons. The molecule has 0 radical (unpaired) electrons. The fourth-order valence-corrected chi connectivity index (χ4v) is 3.74. The number of amides is 2. The summed E-state index contributed by atoms with van der Waals surface area (Å²) in [6, 6.07) is 6.41. The lowest BCUT2D eigenvalue weighted by molar-refractivity contribution is -0.146. The maximum Gasteiger partial charge on any atom is 0.328 e. The van der Waals surface area contributed by atoms with Crippen molar-refractivity contribution in [3.8, 4) is 22.8 Å². The molecule has 3 aromatic rings. The molecule has 1 aromatic carbocycles. The smallest absolute Gasteiger partial charge is 0.328 e. The zero-order chi connectivity index (χ0) is 25.8. The van der Waals surface area contributed by atoms with E-state index in [1.165, 1.54) is 6.20 Å². The number of ether oxygens (including phenoxy) is 1. The van der Waals surface area contributed by atoms with Crippen molar-refractivity contribution in [2.45, 2.75) is 52.6 Å². The van der Waals surface area contributed by atoms with Crippen LogP contribution >= 0.6 is 0 Å². The Balaban J connectivity index is 1.46. The van der Waals surface area contributed by atoms with Crippen LogP contribution in [0.2, 0.25) is 0 Å². The maximum atomic E-state index is 12.7. The van der Waals surface area contributed by atoms with Crippen LogP contribution in [0.5, 0.6) is 0 Å². The summed E-state index contributed by atoms with van der Waals surface area (Å²) < 4.78 is 10.7. The Kier molecular flexibility index (Phi) is 7.47. The summed E-state index contributed by atoms with van der Waals surface area (Å²) in [6.07, 6.45) is 3.66. The van der Waals surface area contributed by atoms with E-state index in [4.69, 9.17) is 9.15 Å². The number of aromatic nitrogens is 4. The number of hydrogen-bond acceptors (Lipinski definition) is 8. The lowest BCUT2D eigenvalue weighted by Gasteiger charge is -2.19. The van der Waals surface area contributed by atoms with Gasteiger partial charge in [0.2, 0.25) is 17.5 Å². The number of carbonyl (C=O) groups excluding carboxylic acids is 3. The van der Waals surface area contributed by atoms with Gasteiger partial charge in [-0.1, -0.05) is 26.0 Å². The first-order chi connectivity index (χ1) is 17.3. The molecule has 36 heavy (non-hydrogen) atoms. The molecule has 2 amide bonds. The van der Waals surface area contributed by atoms with E-state index < -0.39 is 17.9 Å². The van der Waals surface area contributed by atoms with Crippen LogP contribution in [0.25, 0.3) is 22.8 Å². The molecule has 1 aliphatic rings. The third kappa shape index (κ3) is 5.78. The molecule has 3 N–H and O–H groups in total. The fourth-order valence-electron chi connectivity index (χ4n) is 3.74. The molecule has 1 saturated carbocycles. The Labute approximate surface area is 208 Å². The summed E-state index contributed by atoms with van der Waals surface area (Å²) in [6.45, 7) is 7.53. The van der Waals surface area contributed by atoms with Gasteiger partial charge in [0, 0.05) is 17.2 Å². The summed E-state index contributed by atoms with van der Waals surface area (Å²) in [5.74, 6) is -0.268. The van der Waals surface area contributed by atoms with Crippen molar-refractivity contribution in [2.75, 3.05) is 6.61 Å². The van der Waals surface area contributed by atoms with Gasteiger partial charge in [0.25, 0.3) is 11.8 Å². The highest BCUT2D eigenvalue weighted by Crippen LogP contribution is 2.32. The Bertz CT molecular complexity index is 1250. The van der Waals surface area contributed by atoms with Gasteiger partial charge in [0.15, 0.2) is 5.82 Å². The fraction of sp³-hybridized carbons (Fsp3) is 0.440. The lowest BCUT2D eigenvalue weighted by Crippen LogP contribution is -2.45. The van der Waals surface area contributed by atoms with Gasteiger partial charge in [-0.15, -0.1) is 10.2 Å². The molecule has 11 nitrogen and oxygen atoms in total. The number of nitrogens with one attached hydrogen (secondary N) is 3. The summed E-state index contributed by atoms with van der Waals surface area (Å²) in [7, 11) is 0. The van der Waals surface area contributed by atoms with Gasteiger partial charge in [-0.05, 0) is 50.7 Å². The number of H-pyrrole nitrogens is 1. The molecule has 0 aliphatic heterocycles. The first kappa shape index (κ1) is 25.1. The van der Waals surface area contributed by atoms with Gasteiger partial charge in [-0.2, -0.15) is 0 Å². The molecule has 1 fully saturated rings. The van der Waals surface area contributed by atoms with Crippen LogP contribution in [0.1, 0.15) is 61.7 Å². The van der Waals surface area contributed by atoms with Crippen molar-refractivity contribution < 1.29 is 23.5 Å². The Morgan fingerprint density at radius 1 is 1.11 bits per heavy atom. The summed E-state index contributed by atoms with van der Waals surface area (Å²) in [5, 5.41) is 13.6. The van der Waals surface area contributed by atoms with Gasteiger partial charge in [0.05, 0.1) is 12.8 Å². The Hall–Kier alpha value is -4.02. The summed E-state index contributed by atoms with van der Waals surface area (Å²) in [5.41, 5.74) is 1.27. The van der Waals surface area contributed by atoms with Crippen molar-refractivity contribution >= 4 is 17.8 Å². The minimum atomic E-state index is -0.807. The first-order valence-corrected chi connectivity index (χ1v) is 12.0. The van der Waals surface area contributed by atoms with Gasteiger partial charge >= 0.3 is 5.97 Å². The topological polar surface area (TPSA) is 152 Å². The van der Waals surface area contributed by atoms with Crippen LogP contribution in [-0.2, 0) is 9.53 Å². The number of nitrogens with zero attached hydrogens (tertiary/aromatic N) is 3. The second-order valence-electron chi connectivity index (χ2n) is 9.18. The quantitative estimate of drug-likeness (QED) is 0.364. The number of hydrogen-bond donors (Lipinski definition) is 3. The molecule has 0 unspecified atom stereocenters. The molecule has 11 heteroatoms. The number of carbonyl (C=O) groups is 3. The molecule has 0 bridgehead atoms. The number of rotatable bonds is 10. The molecule has 2 atom stereocenters. The van der Waals surface area contributed by atoms with Crippen LogP contribution in [-0.4, -0.2) is 56.6 Å². The summed E-state index contributed by atoms with van der Waals surface area (Å²) >= 11 is 0. The number of aromatic amines is 1. The maximum absolute atomic E-state index is 12.7. The Morgan fingerprint density at radius 3 is 2.56 bits per heavy atom. The Morgan fingerprint density at radius 2 is 1.86 bits per heavy atom. The standard InChI is InChI=1S/C25H30N6O5/c1-5-35-25(34)19(13(2)3)28-23(33)21-29-20(30-31-21)16-7-6-8-17(11-16)24-26-12-18(36-24)22(32)27-14(4)15-9-10-15/h6-8,11-15,19H,5,9-10H2,1-4H3,(H,27,32)(H,28,33)(H,29,30,31)/t14-,19-/m0/s1. The zero-order valence-corrected chi connectivity index (χ0v) is 20.7. The molecule has 4 rings (SSSR count). The average molecular weight is 495 g/mol. The number of oxazole rings is 1. The van der Waals surface area contributed by atoms with Crippen molar-refractivity contribution in [3.63, 3.8) is 0 Å². The highest BCUT2D eigenvalue weighted by molar-refractivity contribution is 5.94. The first-order valence-electron chi connectivity index (χ1n) is 12.0. The van der Waals surface area contributed by atoms with E-state index >= 15 is 0 Å². The average Bonchev–Trinajstić information content (AvgIpc) is 3.38. The lowest BCUT2D eigenvalue weighted by atomic mass is 10.0. The van der Waals surface area contributed by atoms with E-state index in [1.54, 1.807) is 31.2 Å². The van der Waals surface area contributed by atoms with Gasteiger partial charge in [-0.3, -0.25) is 9.59 Å². The van der Waals surface area contributed by atoms with Gasteiger partial charge in [0.1, 0.15) is 6.04 Å². The zero-order valence-electron chi connectivity index (χ0n) is 20.7. The molecular weight excluding hydrogens is 464 g/mol. The van der Waals surface area contributed by atoms with Crippen molar-refractivity contribution in [1.82, 2.24) is 30.8 Å². The molecule has 2 heterocycles. The van der Waals surface area contributed by atoms with Crippen molar-refractivity contribution in [3.05, 3.63) is 42.0 Å². The molecule has 1 aliphatic carbocycles. The van der Waals surface area contributed by atoms with E-state index in [-0.39, 0.29) is 41.9 Å². The van der Waals surface area contributed by atoms with E-state index in [1.807, 2.05) is 20.8 Å². The van der Waals surface area contributed by atoms with Crippen LogP contribution in [0.15, 0.2) is 34.9 Å². The van der Waals surface area contributed by atoms with E-state index in [0.29, 0.717) is 22.9 Å². The minimum absolute atomic E-state index is 0.0368. The van der Waals surface area contributed by atoms with Crippen LogP contribution in [0.3, 0.4) is 0 Å². The SMILES string of the molecule is CCOC(=O)[C@@H](NC(=O)c1nnc(-c2cccc(-c3ncc(C(=O)N[C@@H](C)C4CC4)o3)c2)[nH]1)C(C)C. The van der Waals surface area contributed by atoms with E-state index in [0.717, 1.165) is 12.8 Å². The third-order valence-electron chi connectivity index (χ3n) is 6.00. The van der Waals surface area contributed by atoms with Crippen LogP contribution in [0, 0.1) is 11.8 Å². The second kappa shape index (κ2) is 10.7. The van der Waals surface area contributed by atoms with E-state index in [9.17, 15) is 14.4 Å². The molecular formula is C25H30N6O5. The highest BCUT2D eigenvalue weighted by atomic mass is 16.5. The van der Waals surface area contributed by atoms with Gasteiger partial charge < -0.3 is 24.8 Å². The van der Waals surface area contributed by atoms with Crippen LogP contribution < -0.4 is 10.6 Å². The third-order valence-corrected chi connectivity index (χ3v) is 6.00. The van der Waals surface area contributed by atoms with Crippen molar-refractivity contribution in [1.29, 1.82) is 0 Å². The second-order valence-corrected chi connectivity index (χ2v) is 9.18. The van der Waals surface area contributed by atoms with Gasteiger partial charge in [-0.25, -0.2) is 9.78 Å². The number of benzene rings is 1. The summed E-state index contributed by atoms with van der Waals surface area (Å²) in [4.78, 5) is 44.4. The van der Waals surface area contributed by atoms with Crippen LogP contribution in [0.4, 0.5) is 0 Å². The minimum Gasteiger partial charge on any atom is -0.464 e. The molecule has 0 spiro atoms. The monoisotopic (exact) mass is 494 g/mol. The molecule has 2 aromatic heterocycles. The number of esters is 1. The largest absolute Gasteiger partial charge is 0.464 e. The molecule has 0 saturated heterocycles. The highest BCUT2D eigenvalue weighted by Gasteiger charge is 2.30. The predicted octanol–water partition coefficient (Wildman–Crippen LogP) is 2.97. The normalized spacial score (nSPS) is 14.8. The van der Waals surface area contributed by atoms with E-state index in [2.05, 4.69) is 30.8 Å². The van der Waals surface area contributed by atoms with Crippen molar-refractivity contribution in [2.24, 2.45) is 11.8 Å².